The van der Waals surface area contributed by atoms with Gasteiger partial charge in [0, 0.05) is 17.3 Å². The Morgan fingerprint density at radius 1 is 1.16 bits per heavy atom. The molecule has 100 valence electrons. The Hall–Kier alpha value is -1.87. The zero-order valence-electron chi connectivity index (χ0n) is 11.7. The van der Waals surface area contributed by atoms with E-state index in [-0.39, 0.29) is 6.04 Å². The Labute approximate surface area is 114 Å². The minimum Gasteiger partial charge on any atom is -0.487 e. The quantitative estimate of drug-likeness (QED) is 0.891. The molecule has 19 heavy (non-hydrogen) atoms. The molecule has 3 nitrogen and oxygen atoms in total. The molecule has 0 fully saturated rings. The highest BCUT2D eigenvalue weighted by Gasteiger charge is 2.09. The fourth-order valence-corrected chi connectivity index (χ4v) is 1.96. The fraction of sp³-hybridized carbons (Fsp3) is 0.312. The van der Waals surface area contributed by atoms with Crippen LogP contribution in [0.2, 0.25) is 0 Å². The first-order valence-electron chi connectivity index (χ1n) is 6.52. The summed E-state index contributed by atoms with van der Waals surface area (Å²) >= 11 is 0. The number of aryl methyl sites for hydroxylation is 1. The van der Waals surface area contributed by atoms with Crippen LogP contribution in [-0.4, -0.2) is 12.0 Å². The molecule has 0 spiro atoms. The van der Waals surface area contributed by atoms with Crippen LogP contribution in [0.1, 0.15) is 29.9 Å². The monoisotopic (exact) mass is 256 g/mol. The van der Waals surface area contributed by atoms with Gasteiger partial charge in [-0.2, -0.15) is 0 Å². The van der Waals surface area contributed by atoms with Crippen molar-refractivity contribution >= 4 is 0 Å². The average molecular weight is 256 g/mol. The highest BCUT2D eigenvalue weighted by Crippen LogP contribution is 2.25. The van der Waals surface area contributed by atoms with Crippen molar-refractivity contribution in [3.63, 3.8) is 0 Å². The molecule has 0 bridgehead atoms. The molecular weight excluding hydrogens is 236 g/mol. The number of nitrogens with one attached hydrogen (secondary N) is 1. The average Bonchev–Trinajstić information content (AvgIpc) is 2.45. The summed E-state index contributed by atoms with van der Waals surface area (Å²) in [4.78, 5) is 4.44. The summed E-state index contributed by atoms with van der Waals surface area (Å²) < 4.78 is 5.90. The van der Waals surface area contributed by atoms with E-state index >= 15 is 0 Å². The predicted molar refractivity (Wildman–Crippen MR) is 77.2 cm³/mol. The number of aromatic nitrogens is 1. The van der Waals surface area contributed by atoms with E-state index in [4.69, 9.17) is 4.74 Å². The molecule has 0 amide bonds. The molecular formula is C16H20N2O. The molecule has 1 atom stereocenters. The molecule has 0 saturated heterocycles. The Balaban J connectivity index is 2.11. The minimum absolute atomic E-state index is 0.265. The topological polar surface area (TPSA) is 34.1 Å². The lowest BCUT2D eigenvalue weighted by Crippen LogP contribution is -2.13. The number of ether oxygens (including phenoxy) is 1. The molecule has 1 aromatic carbocycles. The van der Waals surface area contributed by atoms with Crippen molar-refractivity contribution in [3.05, 3.63) is 59.4 Å². The number of nitrogens with zero attached hydrogens (tertiary/aromatic N) is 1. The van der Waals surface area contributed by atoms with Gasteiger partial charge in [-0.25, -0.2) is 0 Å². The van der Waals surface area contributed by atoms with Crippen LogP contribution in [0, 0.1) is 6.92 Å². The first-order valence-corrected chi connectivity index (χ1v) is 6.52. The Morgan fingerprint density at radius 3 is 2.68 bits per heavy atom. The molecule has 3 heteroatoms. The van der Waals surface area contributed by atoms with Gasteiger partial charge < -0.3 is 10.1 Å². The Kier molecular flexibility index (Phi) is 4.53. The van der Waals surface area contributed by atoms with Crippen molar-refractivity contribution in [2.75, 3.05) is 7.05 Å². The van der Waals surface area contributed by atoms with Gasteiger partial charge in [0.15, 0.2) is 0 Å². The molecule has 0 aliphatic rings. The van der Waals surface area contributed by atoms with Gasteiger partial charge >= 0.3 is 0 Å². The zero-order valence-corrected chi connectivity index (χ0v) is 11.7. The second-order valence-corrected chi connectivity index (χ2v) is 4.61. The summed E-state index contributed by atoms with van der Waals surface area (Å²) in [5, 5.41) is 3.23. The summed E-state index contributed by atoms with van der Waals surface area (Å²) in [5.74, 6) is 0.910. The molecule has 0 saturated carbocycles. The summed E-state index contributed by atoms with van der Waals surface area (Å²) in [6.45, 7) is 4.60. The molecule has 2 rings (SSSR count). The Morgan fingerprint density at radius 2 is 1.95 bits per heavy atom. The maximum Gasteiger partial charge on any atom is 0.130 e. The molecule has 0 radical (unpaired) electrons. The maximum atomic E-state index is 5.90. The van der Waals surface area contributed by atoms with Crippen LogP contribution in [0.5, 0.6) is 5.75 Å². The van der Waals surface area contributed by atoms with Crippen LogP contribution >= 0.6 is 0 Å². The molecule has 1 heterocycles. The second-order valence-electron chi connectivity index (χ2n) is 4.61. The summed E-state index contributed by atoms with van der Waals surface area (Å²) in [7, 11) is 1.95. The summed E-state index contributed by atoms with van der Waals surface area (Å²) in [6.07, 6.45) is 0. The SMILES string of the molecule is CNC(C)c1ccccc1OCc1cccc(C)n1. The van der Waals surface area contributed by atoms with E-state index in [9.17, 15) is 0 Å². The van der Waals surface area contributed by atoms with Crippen molar-refractivity contribution < 1.29 is 4.74 Å². The molecule has 0 aliphatic heterocycles. The van der Waals surface area contributed by atoms with E-state index in [1.165, 1.54) is 0 Å². The second kappa shape index (κ2) is 6.34. The van der Waals surface area contributed by atoms with Crippen molar-refractivity contribution in [2.45, 2.75) is 26.5 Å². The number of hydrogen-bond donors (Lipinski definition) is 1. The van der Waals surface area contributed by atoms with Crippen LogP contribution < -0.4 is 10.1 Å². The number of rotatable bonds is 5. The standard InChI is InChI=1S/C16H20N2O/c1-12-7-6-8-14(18-12)11-19-16-10-5-4-9-15(16)13(2)17-3/h4-10,13,17H,11H2,1-3H3. The van der Waals surface area contributed by atoms with Gasteiger partial charge in [0.05, 0.1) is 5.69 Å². The van der Waals surface area contributed by atoms with Crippen LogP contribution in [0.25, 0.3) is 0 Å². The van der Waals surface area contributed by atoms with Crippen molar-refractivity contribution in [1.29, 1.82) is 0 Å². The summed E-state index contributed by atoms with van der Waals surface area (Å²) in [5.41, 5.74) is 3.13. The van der Waals surface area contributed by atoms with Gasteiger partial charge in [0.2, 0.25) is 0 Å². The minimum atomic E-state index is 0.265. The van der Waals surface area contributed by atoms with Crippen LogP contribution in [0.4, 0.5) is 0 Å². The summed E-state index contributed by atoms with van der Waals surface area (Å²) in [6, 6.07) is 14.3. The maximum absolute atomic E-state index is 5.90. The highest BCUT2D eigenvalue weighted by atomic mass is 16.5. The van der Waals surface area contributed by atoms with Gasteiger partial charge in [-0.3, -0.25) is 4.98 Å². The van der Waals surface area contributed by atoms with Gasteiger partial charge in [-0.1, -0.05) is 24.3 Å². The predicted octanol–water partition coefficient (Wildman–Crippen LogP) is 3.25. The fourth-order valence-electron chi connectivity index (χ4n) is 1.96. The van der Waals surface area contributed by atoms with Gasteiger partial charge in [-0.05, 0) is 39.1 Å². The molecule has 0 aliphatic carbocycles. The van der Waals surface area contributed by atoms with Crippen molar-refractivity contribution in [3.8, 4) is 5.75 Å². The smallest absolute Gasteiger partial charge is 0.130 e. The van der Waals surface area contributed by atoms with Crippen molar-refractivity contribution in [2.24, 2.45) is 0 Å². The highest BCUT2D eigenvalue weighted by molar-refractivity contribution is 5.35. The lowest BCUT2D eigenvalue weighted by atomic mass is 10.1. The number of hydrogen-bond acceptors (Lipinski definition) is 3. The third-order valence-corrected chi connectivity index (χ3v) is 3.14. The first kappa shape index (κ1) is 13.6. The van der Waals surface area contributed by atoms with E-state index in [0.29, 0.717) is 6.61 Å². The number of para-hydroxylation sites is 1. The van der Waals surface area contributed by atoms with E-state index in [2.05, 4.69) is 23.3 Å². The van der Waals surface area contributed by atoms with Crippen LogP contribution in [0.15, 0.2) is 42.5 Å². The van der Waals surface area contributed by atoms with E-state index in [1.54, 1.807) is 0 Å². The van der Waals surface area contributed by atoms with E-state index in [1.807, 2.05) is 50.4 Å². The largest absolute Gasteiger partial charge is 0.487 e. The van der Waals surface area contributed by atoms with Gasteiger partial charge in [0.1, 0.15) is 12.4 Å². The molecule has 1 N–H and O–H groups in total. The molecule has 2 aromatic rings. The van der Waals surface area contributed by atoms with E-state index in [0.717, 1.165) is 22.7 Å². The van der Waals surface area contributed by atoms with Crippen LogP contribution in [0.3, 0.4) is 0 Å². The Bertz CT molecular complexity index is 540. The number of pyridine rings is 1. The molecule has 1 aromatic heterocycles. The zero-order chi connectivity index (χ0) is 13.7. The van der Waals surface area contributed by atoms with Crippen LogP contribution in [-0.2, 0) is 6.61 Å². The van der Waals surface area contributed by atoms with E-state index < -0.39 is 0 Å². The third-order valence-electron chi connectivity index (χ3n) is 3.14. The van der Waals surface area contributed by atoms with Gasteiger partial charge in [-0.15, -0.1) is 0 Å². The third kappa shape index (κ3) is 3.55. The normalized spacial score (nSPS) is 12.2. The lowest BCUT2D eigenvalue weighted by molar-refractivity contribution is 0.295. The lowest BCUT2D eigenvalue weighted by Gasteiger charge is -2.16. The van der Waals surface area contributed by atoms with Gasteiger partial charge in [0.25, 0.3) is 0 Å². The molecule has 1 unspecified atom stereocenters. The number of benzene rings is 1. The van der Waals surface area contributed by atoms with Crippen molar-refractivity contribution in [1.82, 2.24) is 10.3 Å². The first-order chi connectivity index (χ1) is 9.20.